The van der Waals surface area contributed by atoms with E-state index in [1.54, 1.807) is 0 Å². The Hall–Kier alpha value is -1.42. The second-order valence-corrected chi connectivity index (χ2v) is 5.29. The molecule has 0 fully saturated rings. The number of fused-ring (bicyclic) bond motifs is 1. The number of hydrogen-bond acceptors (Lipinski definition) is 2. The zero-order chi connectivity index (χ0) is 13.6. The van der Waals surface area contributed by atoms with Gasteiger partial charge in [-0.3, -0.25) is 0 Å². The van der Waals surface area contributed by atoms with E-state index >= 15 is 0 Å². The third kappa shape index (κ3) is 1.86. The molecule has 3 rings (SSSR count). The highest BCUT2D eigenvalue weighted by Gasteiger charge is 2.43. The zero-order valence-corrected chi connectivity index (χ0v) is 10.9. The molecular formula is C15H13ClFNO. The number of aliphatic hydroxyl groups is 1. The van der Waals surface area contributed by atoms with Crippen molar-refractivity contribution >= 4 is 11.6 Å². The molecule has 2 nitrogen and oxygen atoms in total. The van der Waals surface area contributed by atoms with Crippen molar-refractivity contribution in [1.29, 1.82) is 0 Å². The molecule has 4 heteroatoms. The Morgan fingerprint density at radius 3 is 2.74 bits per heavy atom. The summed E-state index contributed by atoms with van der Waals surface area (Å²) in [6.07, 6.45) is 0.301. The van der Waals surface area contributed by atoms with E-state index in [0.717, 1.165) is 5.56 Å². The summed E-state index contributed by atoms with van der Waals surface area (Å²) in [7, 11) is 0. The van der Waals surface area contributed by atoms with Gasteiger partial charge in [-0.25, -0.2) is 4.39 Å². The lowest BCUT2D eigenvalue weighted by Gasteiger charge is -2.26. The maximum atomic E-state index is 13.4. The van der Waals surface area contributed by atoms with E-state index in [0.29, 0.717) is 22.6 Å². The lowest BCUT2D eigenvalue weighted by atomic mass is 9.87. The number of nitrogens with two attached hydrogens (primary N) is 1. The molecule has 1 aliphatic rings. The smallest absolute Gasteiger partial charge is 0.123 e. The molecule has 2 unspecified atom stereocenters. The van der Waals surface area contributed by atoms with Gasteiger partial charge >= 0.3 is 0 Å². The van der Waals surface area contributed by atoms with Gasteiger partial charge in [0.25, 0.3) is 0 Å². The largest absolute Gasteiger partial charge is 0.380 e. The van der Waals surface area contributed by atoms with Gasteiger partial charge in [-0.05, 0) is 29.3 Å². The Morgan fingerprint density at radius 1 is 1.21 bits per heavy atom. The summed E-state index contributed by atoms with van der Waals surface area (Å²) in [5.41, 5.74) is 6.68. The third-order valence-corrected chi connectivity index (χ3v) is 4.02. The fourth-order valence-corrected chi connectivity index (χ4v) is 3.08. The van der Waals surface area contributed by atoms with Crippen LogP contribution in [0.15, 0.2) is 42.5 Å². The van der Waals surface area contributed by atoms with E-state index in [1.165, 1.54) is 18.2 Å². The van der Waals surface area contributed by atoms with E-state index in [-0.39, 0.29) is 6.04 Å². The van der Waals surface area contributed by atoms with Crippen LogP contribution in [0.25, 0.3) is 0 Å². The first-order valence-corrected chi connectivity index (χ1v) is 6.43. The number of halogens is 2. The van der Waals surface area contributed by atoms with Crippen LogP contribution in [0.3, 0.4) is 0 Å². The van der Waals surface area contributed by atoms with Crippen LogP contribution in [0, 0.1) is 5.82 Å². The first-order chi connectivity index (χ1) is 9.02. The number of benzene rings is 2. The van der Waals surface area contributed by atoms with Crippen molar-refractivity contribution in [2.75, 3.05) is 0 Å². The molecule has 2 atom stereocenters. The lowest BCUT2D eigenvalue weighted by Crippen LogP contribution is -2.25. The van der Waals surface area contributed by atoms with E-state index in [1.807, 2.05) is 24.3 Å². The van der Waals surface area contributed by atoms with Crippen LogP contribution in [0.5, 0.6) is 0 Å². The van der Waals surface area contributed by atoms with Crippen LogP contribution in [-0.2, 0) is 5.60 Å². The molecule has 0 aliphatic heterocycles. The molecule has 0 heterocycles. The first kappa shape index (κ1) is 12.6. The summed E-state index contributed by atoms with van der Waals surface area (Å²) in [6.45, 7) is 0. The average Bonchev–Trinajstić information content (AvgIpc) is 2.66. The van der Waals surface area contributed by atoms with Crippen molar-refractivity contribution in [3.05, 3.63) is 70.0 Å². The van der Waals surface area contributed by atoms with Crippen LogP contribution < -0.4 is 5.73 Å². The molecule has 0 saturated heterocycles. The van der Waals surface area contributed by atoms with Crippen LogP contribution in [0.1, 0.15) is 29.2 Å². The molecular weight excluding hydrogens is 265 g/mol. The Labute approximate surface area is 115 Å². The predicted molar refractivity (Wildman–Crippen MR) is 72.4 cm³/mol. The molecule has 0 spiro atoms. The van der Waals surface area contributed by atoms with Crippen LogP contribution in [0.4, 0.5) is 4.39 Å². The van der Waals surface area contributed by atoms with Crippen LogP contribution in [0.2, 0.25) is 5.02 Å². The van der Waals surface area contributed by atoms with Crippen molar-refractivity contribution in [1.82, 2.24) is 0 Å². The minimum Gasteiger partial charge on any atom is -0.380 e. The van der Waals surface area contributed by atoms with Crippen LogP contribution >= 0.6 is 11.6 Å². The summed E-state index contributed by atoms with van der Waals surface area (Å²) >= 11 is 6.11. The molecule has 0 bridgehead atoms. The van der Waals surface area contributed by atoms with Crippen molar-refractivity contribution in [3.8, 4) is 0 Å². The van der Waals surface area contributed by atoms with Gasteiger partial charge < -0.3 is 10.8 Å². The molecule has 19 heavy (non-hydrogen) atoms. The van der Waals surface area contributed by atoms with E-state index in [9.17, 15) is 9.50 Å². The Kier molecular flexibility index (Phi) is 2.86. The predicted octanol–water partition coefficient (Wildman–Crippen LogP) is 3.12. The quantitative estimate of drug-likeness (QED) is 0.841. The average molecular weight is 278 g/mol. The van der Waals surface area contributed by atoms with Gasteiger partial charge in [-0.1, -0.05) is 35.9 Å². The Balaban J connectivity index is 2.22. The summed E-state index contributed by atoms with van der Waals surface area (Å²) in [4.78, 5) is 0. The highest BCUT2D eigenvalue weighted by Crippen LogP contribution is 2.48. The minimum atomic E-state index is -1.32. The first-order valence-electron chi connectivity index (χ1n) is 6.05. The number of rotatable bonds is 1. The van der Waals surface area contributed by atoms with E-state index in [2.05, 4.69) is 0 Å². The molecule has 2 aromatic rings. The summed E-state index contributed by atoms with van der Waals surface area (Å²) in [5.74, 6) is -0.425. The molecule has 2 aromatic carbocycles. The fourth-order valence-electron chi connectivity index (χ4n) is 2.80. The zero-order valence-electron chi connectivity index (χ0n) is 10.1. The lowest BCUT2D eigenvalue weighted by molar-refractivity contribution is 0.0774. The van der Waals surface area contributed by atoms with Crippen molar-refractivity contribution in [2.45, 2.75) is 18.1 Å². The topological polar surface area (TPSA) is 46.2 Å². The van der Waals surface area contributed by atoms with Gasteiger partial charge in [-0.15, -0.1) is 0 Å². The Bertz CT molecular complexity index is 646. The van der Waals surface area contributed by atoms with Crippen molar-refractivity contribution < 1.29 is 9.50 Å². The fraction of sp³-hybridized carbons (Fsp3) is 0.200. The van der Waals surface area contributed by atoms with Gasteiger partial charge in [0.15, 0.2) is 0 Å². The van der Waals surface area contributed by atoms with E-state index < -0.39 is 11.4 Å². The second-order valence-electron chi connectivity index (χ2n) is 4.88. The van der Waals surface area contributed by atoms with Gasteiger partial charge in [0.1, 0.15) is 11.4 Å². The standard InChI is InChI=1S/C15H13ClFNO/c16-13-6-5-9(17)7-12(13)15(19)8-14(18)10-3-1-2-4-11(10)15/h1-7,14,19H,8,18H2. The summed E-state index contributed by atoms with van der Waals surface area (Å²) in [5, 5.41) is 11.3. The van der Waals surface area contributed by atoms with Gasteiger partial charge in [-0.2, -0.15) is 0 Å². The van der Waals surface area contributed by atoms with Crippen LogP contribution in [-0.4, -0.2) is 5.11 Å². The van der Waals surface area contributed by atoms with Gasteiger partial charge in [0.05, 0.1) is 0 Å². The maximum absolute atomic E-state index is 13.4. The molecule has 0 aromatic heterocycles. The Morgan fingerprint density at radius 2 is 1.95 bits per heavy atom. The molecule has 0 radical (unpaired) electrons. The maximum Gasteiger partial charge on any atom is 0.123 e. The monoisotopic (exact) mass is 277 g/mol. The summed E-state index contributed by atoms with van der Waals surface area (Å²) in [6, 6.07) is 11.1. The van der Waals surface area contributed by atoms with E-state index in [4.69, 9.17) is 17.3 Å². The molecule has 0 amide bonds. The highest BCUT2D eigenvalue weighted by molar-refractivity contribution is 6.31. The molecule has 0 saturated carbocycles. The number of hydrogen-bond donors (Lipinski definition) is 2. The van der Waals surface area contributed by atoms with Gasteiger partial charge in [0.2, 0.25) is 0 Å². The van der Waals surface area contributed by atoms with Gasteiger partial charge in [0, 0.05) is 23.0 Å². The second kappa shape index (κ2) is 4.30. The summed E-state index contributed by atoms with van der Waals surface area (Å²) < 4.78 is 13.4. The minimum absolute atomic E-state index is 0.277. The molecule has 1 aliphatic carbocycles. The molecule has 3 N–H and O–H groups in total. The SMILES string of the molecule is NC1CC(O)(c2cc(F)ccc2Cl)c2ccccc21. The third-order valence-electron chi connectivity index (χ3n) is 3.70. The normalized spacial score (nSPS) is 25.4. The highest BCUT2D eigenvalue weighted by atomic mass is 35.5. The van der Waals surface area contributed by atoms with Crippen molar-refractivity contribution in [2.24, 2.45) is 5.73 Å². The van der Waals surface area contributed by atoms with Crippen molar-refractivity contribution in [3.63, 3.8) is 0 Å². The molecule has 98 valence electrons.